The third-order valence-corrected chi connectivity index (χ3v) is 3.94. The van der Waals surface area contributed by atoms with Crippen molar-refractivity contribution in [3.8, 4) is 0 Å². The summed E-state index contributed by atoms with van der Waals surface area (Å²) in [7, 11) is 0. The van der Waals surface area contributed by atoms with E-state index in [9.17, 15) is 0 Å². The molecule has 2 aromatic rings. The maximum absolute atomic E-state index is 6.08. The minimum Gasteiger partial charge on any atom is -0.310 e. The van der Waals surface area contributed by atoms with Gasteiger partial charge in [0, 0.05) is 19.0 Å². The topological polar surface area (TPSA) is 53.6 Å². The van der Waals surface area contributed by atoms with Gasteiger partial charge in [0.1, 0.15) is 12.2 Å². The molecule has 0 radical (unpaired) electrons. The van der Waals surface area contributed by atoms with Crippen molar-refractivity contribution in [3.63, 3.8) is 0 Å². The lowest BCUT2D eigenvalue weighted by Gasteiger charge is -2.12. The number of thiophene rings is 1. The first kappa shape index (κ1) is 12.8. The maximum atomic E-state index is 6.08. The van der Waals surface area contributed by atoms with E-state index in [1.54, 1.807) is 0 Å². The molecular weight excluding hydrogens is 279 g/mol. The predicted molar refractivity (Wildman–Crippen MR) is 70.8 cm³/mol. The van der Waals surface area contributed by atoms with Crippen LogP contribution >= 0.6 is 34.5 Å². The largest absolute Gasteiger partial charge is 0.310 e. The molecular formula is C10H12Cl2N4S. The van der Waals surface area contributed by atoms with Gasteiger partial charge >= 0.3 is 0 Å². The minimum atomic E-state index is 0.175. The normalized spacial score (nSPS) is 12.9. The van der Waals surface area contributed by atoms with Crippen LogP contribution < -0.4 is 5.32 Å². The summed E-state index contributed by atoms with van der Waals surface area (Å²) in [5.74, 6) is 0.874. The van der Waals surface area contributed by atoms with Crippen LogP contribution in [0.1, 0.15) is 24.4 Å². The van der Waals surface area contributed by atoms with Gasteiger partial charge in [0.15, 0.2) is 0 Å². The third kappa shape index (κ3) is 3.42. The minimum absolute atomic E-state index is 0.175. The molecule has 1 atom stereocenters. The molecule has 0 saturated heterocycles. The van der Waals surface area contributed by atoms with Crippen molar-refractivity contribution in [2.45, 2.75) is 19.4 Å². The first-order valence-corrected chi connectivity index (χ1v) is 6.76. The zero-order valence-corrected chi connectivity index (χ0v) is 11.5. The number of hydrogen-bond donors (Lipinski definition) is 2. The van der Waals surface area contributed by atoms with E-state index >= 15 is 0 Å². The number of nitrogens with zero attached hydrogens (tertiary/aromatic N) is 2. The van der Waals surface area contributed by atoms with Crippen molar-refractivity contribution in [1.29, 1.82) is 0 Å². The molecule has 17 heavy (non-hydrogen) atoms. The molecule has 2 heterocycles. The first-order chi connectivity index (χ1) is 8.16. The Hall–Kier alpha value is -0.620. The van der Waals surface area contributed by atoms with E-state index in [0.29, 0.717) is 4.34 Å². The Morgan fingerprint density at radius 2 is 2.35 bits per heavy atom. The van der Waals surface area contributed by atoms with Crippen LogP contribution in [0.25, 0.3) is 0 Å². The Bertz CT molecular complexity index is 469. The Morgan fingerprint density at radius 1 is 1.53 bits per heavy atom. The summed E-state index contributed by atoms with van der Waals surface area (Å²) < 4.78 is 1.46. The molecule has 2 aromatic heterocycles. The lowest BCUT2D eigenvalue weighted by Crippen LogP contribution is -2.21. The van der Waals surface area contributed by atoms with E-state index < -0.39 is 0 Å². The average Bonchev–Trinajstić information content (AvgIpc) is 2.88. The summed E-state index contributed by atoms with van der Waals surface area (Å²) in [4.78, 5) is 4.06. The predicted octanol–water partition coefficient (Wildman–Crippen LogP) is 3.07. The Balaban J connectivity index is 1.85. The summed E-state index contributed by atoms with van der Waals surface area (Å²) in [6.07, 6.45) is 2.31. The second-order valence-electron chi connectivity index (χ2n) is 3.64. The number of H-pyrrole nitrogens is 1. The number of aromatic amines is 1. The molecule has 0 bridgehead atoms. The fourth-order valence-electron chi connectivity index (χ4n) is 1.52. The zero-order valence-electron chi connectivity index (χ0n) is 9.20. The van der Waals surface area contributed by atoms with Gasteiger partial charge in [-0.05, 0) is 18.6 Å². The number of halogens is 2. The van der Waals surface area contributed by atoms with E-state index in [1.165, 1.54) is 17.7 Å². The van der Waals surface area contributed by atoms with Crippen molar-refractivity contribution in [3.05, 3.63) is 32.5 Å². The Kier molecular flexibility index (Phi) is 4.39. The summed E-state index contributed by atoms with van der Waals surface area (Å²) in [5.41, 5.74) is 1.04. The first-order valence-electron chi connectivity index (χ1n) is 5.19. The molecule has 0 aliphatic carbocycles. The highest BCUT2D eigenvalue weighted by Gasteiger charge is 2.12. The number of nitrogens with one attached hydrogen (secondary N) is 2. The number of rotatable bonds is 5. The summed E-state index contributed by atoms with van der Waals surface area (Å²) in [6.45, 7) is 2.87. The van der Waals surface area contributed by atoms with Gasteiger partial charge in [-0.2, -0.15) is 5.10 Å². The lowest BCUT2D eigenvalue weighted by atomic mass is 10.2. The standard InChI is InChI=1S/C10H12Cl2N4S/c1-6(7-4-8(11)17-10(7)12)13-3-2-9-14-5-15-16-9/h4-6,13H,2-3H2,1H3,(H,14,15,16). The molecule has 4 nitrogen and oxygen atoms in total. The van der Waals surface area contributed by atoms with Crippen LogP contribution in [0.2, 0.25) is 8.67 Å². The average molecular weight is 291 g/mol. The van der Waals surface area contributed by atoms with Crippen LogP contribution in [0.4, 0.5) is 0 Å². The van der Waals surface area contributed by atoms with Crippen molar-refractivity contribution < 1.29 is 0 Å². The van der Waals surface area contributed by atoms with Crippen LogP contribution in [-0.4, -0.2) is 21.7 Å². The molecule has 92 valence electrons. The second-order valence-corrected chi connectivity index (χ2v) is 5.92. The van der Waals surface area contributed by atoms with Gasteiger partial charge in [-0.3, -0.25) is 5.10 Å². The lowest BCUT2D eigenvalue weighted by molar-refractivity contribution is 0.572. The second kappa shape index (κ2) is 5.82. The summed E-state index contributed by atoms with van der Waals surface area (Å²) in [5, 5.41) is 9.98. The van der Waals surface area contributed by atoms with E-state index in [2.05, 4.69) is 27.4 Å². The van der Waals surface area contributed by atoms with Gasteiger partial charge in [-0.1, -0.05) is 23.2 Å². The van der Waals surface area contributed by atoms with Crippen molar-refractivity contribution in [2.75, 3.05) is 6.54 Å². The monoisotopic (exact) mass is 290 g/mol. The molecule has 7 heteroatoms. The zero-order chi connectivity index (χ0) is 12.3. The highest BCUT2D eigenvalue weighted by Crippen LogP contribution is 2.34. The summed E-state index contributed by atoms with van der Waals surface area (Å²) in [6, 6.07) is 2.08. The van der Waals surface area contributed by atoms with E-state index in [1.807, 2.05) is 6.07 Å². The van der Waals surface area contributed by atoms with Crippen LogP contribution in [0, 0.1) is 0 Å². The molecule has 0 fully saturated rings. The fraction of sp³-hybridized carbons (Fsp3) is 0.400. The number of hydrogen-bond acceptors (Lipinski definition) is 4. The van der Waals surface area contributed by atoms with Crippen LogP contribution in [0.3, 0.4) is 0 Å². The van der Waals surface area contributed by atoms with Crippen LogP contribution in [-0.2, 0) is 6.42 Å². The van der Waals surface area contributed by atoms with Crippen molar-refractivity contribution in [1.82, 2.24) is 20.5 Å². The van der Waals surface area contributed by atoms with E-state index in [-0.39, 0.29) is 6.04 Å². The SMILES string of the molecule is CC(NCCc1ncn[nH]1)c1cc(Cl)sc1Cl. The van der Waals surface area contributed by atoms with Gasteiger partial charge < -0.3 is 5.32 Å². The Labute approximate surface area is 113 Å². The van der Waals surface area contributed by atoms with Gasteiger partial charge in [0.05, 0.1) is 8.67 Å². The van der Waals surface area contributed by atoms with Crippen molar-refractivity contribution in [2.24, 2.45) is 0 Å². The van der Waals surface area contributed by atoms with Gasteiger partial charge in [0.25, 0.3) is 0 Å². The molecule has 0 spiro atoms. The fourth-order valence-corrected chi connectivity index (χ4v) is 3.16. The van der Waals surface area contributed by atoms with Crippen LogP contribution in [0.5, 0.6) is 0 Å². The number of aromatic nitrogens is 3. The van der Waals surface area contributed by atoms with Gasteiger partial charge in [-0.15, -0.1) is 11.3 Å². The highest BCUT2D eigenvalue weighted by atomic mass is 35.5. The smallest absolute Gasteiger partial charge is 0.137 e. The quantitative estimate of drug-likeness (QED) is 0.890. The van der Waals surface area contributed by atoms with E-state index in [4.69, 9.17) is 23.2 Å². The van der Waals surface area contributed by atoms with Crippen LogP contribution in [0.15, 0.2) is 12.4 Å². The molecule has 1 unspecified atom stereocenters. The summed E-state index contributed by atoms with van der Waals surface area (Å²) >= 11 is 13.4. The molecule has 0 aliphatic heterocycles. The Morgan fingerprint density at radius 3 is 2.94 bits per heavy atom. The highest BCUT2D eigenvalue weighted by molar-refractivity contribution is 7.20. The molecule has 2 N–H and O–H groups in total. The van der Waals surface area contributed by atoms with Crippen molar-refractivity contribution >= 4 is 34.5 Å². The molecule has 0 aromatic carbocycles. The van der Waals surface area contributed by atoms with Gasteiger partial charge in [0.2, 0.25) is 0 Å². The van der Waals surface area contributed by atoms with Gasteiger partial charge in [-0.25, -0.2) is 4.98 Å². The molecule has 0 aliphatic rings. The third-order valence-electron chi connectivity index (χ3n) is 2.43. The maximum Gasteiger partial charge on any atom is 0.137 e. The molecule has 2 rings (SSSR count). The van der Waals surface area contributed by atoms with E-state index in [0.717, 1.165) is 28.7 Å². The molecule has 0 saturated carbocycles. The molecule has 0 amide bonds.